The largest absolute Gasteiger partial charge is 0.490 e. The number of nitrogens with zero attached hydrogens (tertiary/aromatic N) is 2. The highest BCUT2D eigenvalue weighted by molar-refractivity contribution is 5.89. The summed E-state index contributed by atoms with van der Waals surface area (Å²) in [5.74, 6) is 0.882. The van der Waals surface area contributed by atoms with Crippen LogP contribution in [0.25, 0.3) is 0 Å². The van der Waals surface area contributed by atoms with Crippen LogP contribution in [0.3, 0.4) is 0 Å². The molecule has 2 aliphatic rings. The Labute approximate surface area is 191 Å². The van der Waals surface area contributed by atoms with Gasteiger partial charge in [-0.3, -0.25) is 0 Å². The highest BCUT2D eigenvalue weighted by Crippen LogP contribution is 2.26. The third-order valence-corrected chi connectivity index (χ3v) is 6.56. The number of nitrogens with one attached hydrogen (secondary N) is 1. The van der Waals surface area contributed by atoms with Crippen LogP contribution in [0.2, 0.25) is 0 Å². The Bertz CT molecular complexity index is 909. The van der Waals surface area contributed by atoms with Crippen LogP contribution in [-0.2, 0) is 4.74 Å². The average Bonchev–Trinajstić information content (AvgIpc) is 2.81. The van der Waals surface area contributed by atoms with Gasteiger partial charge in [-0.2, -0.15) is 0 Å². The van der Waals surface area contributed by atoms with Crippen molar-refractivity contribution in [1.82, 2.24) is 4.90 Å². The van der Waals surface area contributed by atoms with Crippen molar-refractivity contribution in [2.24, 2.45) is 0 Å². The van der Waals surface area contributed by atoms with Crippen molar-refractivity contribution in [3.05, 3.63) is 53.6 Å². The summed E-state index contributed by atoms with van der Waals surface area (Å²) in [6.07, 6.45) is 4.14. The summed E-state index contributed by atoms with van der Waals surface area (Å²) in [4.78, 5) is 17.2. The molecule has 1 N–H and O–H groups in total. The summed E-state index contributed by atoms with van der Waals surface area (Å²) < 4.78 is 11.5. The molecule has 4 rings (SSSR count). The molecule has 0 aliphatic carbocycles. The fourth-order valence-electron chi connectivity index (χ4n) is 4.48. The second-order valence-corrected chi connectivity index (χ2v) is 9.03. The summed E-state index contributed by atoms with van der Waals surface area (Å²) >= 11 is 0. The predicted octanol–water partition coefficient (Wildman–Crippen LogP) is 4.99. The van der Waals surface area contributed by atoms with E-state index in [4.69, 9.17) is 9.47 Å². The summed E-state index contributed by atoms with van der Waals surface area (Å²) in [5, 5.41) is 3.08. The lowest BCUT2D eigenvalue weighted by Gasteiger charge is -2.38. The van der Waals surface area contributed by atoms with Crippen LogP contribution < -0.4 is 15.0 Å². The number of piperidine rings is 1. The molecule has 2 aromatic rings. The van der Waals surface area contributed by atoms with Gasteiger partial charge in [-0.1, -0.05) is 17.7 Å². The Hall–Kier alpha value is -2.73. The molecule has 2 heterocycles. The first-order chi connectivity index (χ1) is 15.5. The molecule has 0 spiro atoms. The van der Waals surface area contributed by atoms with Crippen LogP contribution in [0.4, 0.5) is 16.2 Å². The fourth-order valence-corrected chi connectivity index (χ4v) is 4.48. The van der Waals surface area contributed by atoms with Gasteiger partial charge in [-0.15, -0.1) is 0 Å². The van der Waals surface area contributed by atoms with E-state index in [0.29, 0.717) is 6.04 Å². The van der Waals surface area contributed by atoms with Gasteiger partial charge in [0.15, 0.2) is 0 Å². The van der Waals surface area contributed by atoms with Gasteiger partial charge in [-0.25, -0.2) is 4.79 Å². The lowest BCUT2D eigenvalue weighted by molar-refractivity contribution is 0.0253. The molecular formula is C26H35N3O3. The number of benzene rings is 2. The molecule has 32 heavy (non-hydrogen) atoms. The van der Waals surface area contributed by atoms with E-state index in [1.165, 1.54) is 11.3 Å². The molecule has 0 radical (unpaired) electrons. The molecule has 2 amide bonds. The molecule has 0 aromatic heterocycles. The van der Waals surface area contributed by atoms with Crippen molar-refractivity contribution in [1.29, 1.82) is 0 Å². The quantitative estimate of drug-likeness (QED) is 0.716. The third-order valence-electron chi connectivity index (χ3n) is 6.56. The molecular weight excluding hydrogens is 402 g/mol. The number of aryl methyl sites for hydroxylation is 2. The Morgan fingerprint density at radius 1 is 1.09 bits per heavy atom. The Morgan fingerprint density at radius 3 is 2.56 bits per heavy atom. The van der Waals surface area contributed by atoms with Crippen LogP contribution in [-0.4, -0.2) is 56.4 Å². The van der Waals surface area contributed by atoms with E-state index in [-0.39, 0.29) is 12.1 Å². The van der Waals surface area contributed by atoms with Gasteiger partial charge in [0.1, 0.15) is 11.9 Å². The van der Waals surface area contributed by atoms with E-state index in [2.05, 4.69) is 48.5 Å². The zero-order chi connectivity index (χ0) is 22.5. The van der Waals surface area contributed by atoms with E-state index in [1.807, 2.05) is 30.0 Å². The van der Waals surface area contributed by atoms with Crippen molar-refractivity contribution >= 4 is 17.4 Å². The van der Waals surface area contributed by atoms with E-state index >= 15 is 0 Å². The van der Waals surface area contributed by atoms with Gasteiger partial charge in [0.2, 0.25) is 0 Å². The van der Waals surface area contributed by atoms with Crippen molar-refractivity contribution < 1.29 is 14.3 Å². The fraction of sp³-hybridized carbons (Fsp3) is 0.500. The number of likely N-dealkylation sites (tertiary alicyclic amines) is 1. The minimum Gasteiger partial charge on any atom is -0.490 e. The molecule has 172 valence electrons. The number of rotatable bonds is 5. The molecule has 0 unspecified atom stereocenters. The standard InChI is InChI=1S/C26H35N3O3/c1-19-6-9-22(10-7-19)28(3)23-5-4-14-29(18-23)26(30)27-21-8-11-25(20(2)17-21)32-24-12-15-31-16-13-24/h6-11,17,23-24H,4-5,12-16,18H2,1-3H3,(H,27,30)/t23-/m0/s1. The molecule has 6 heteroatoms. The Balaban J connectivity index is 1.34. The number of likely N-dealkylation sites (N-methyl/N-ethyl adjacent to an activating group) is 1. The number of ether oxygens (including phenoxy) is 2. The first-order valence-corrected chi connectivity index (χ1v) is 11.7. The Kier molecular flexibility index (Phi) is 7.20. The lowest BCUT2D eigenvalue weighted by Crippen LogP contribution is -2.50. The molecule has 2 aliphatic heterocycles. The maximum Gasteiger partial charge on any atom is 0.321 e. The molecule has 0 saturated carbocycles. The maximum atomic E-state index is 13.0. The average molecular weight is 438 g/mol. The topological polar surface area (TPSA) is 54.0 Å². The summed E-state index contributed by atoms with van der Waals surface area (Å²) in [5.41, 5.74) is 4.29. The monoisotopic (exact) mass is 437 g/mol. The minimum absolute atomic E-state index is 0.0375. The number of anilines is 2. The van der Waals surface area contributed by atoms with Crippen molar-refractivity contribution in [2.45, 2.75) is 51.7 Å². The molecule has 6 nitrogen and oxygen atoms in total. The normalized spacial score (nSPS) is 19.5. The van der Waals surface area contributed by atoms with E-state index in [0.717, 1.165) is 69.0 Å². The van der Waals surface area contributed by atoms with Crippen LogP contribution in [0.5, 0.6) is 5.75 Å². The van der Waals surface area contributed by atoms with Gasteiger partial charge >= 0.3 is 6.03 Å². The molecule has 0 bridgehead atoms. The smallest absolute Gasteiger partial charge is 0.321 e. The van der Waals surface area contributed by atoms with Crippen LogP contribution in [0.1, 0.15) is 36.8 Å². The van der Waals surface area contributed by atoms with E-state index in [1.54, 1.807) is 0 Å². The van der Waals surface area contributed by atoms with E-state index < -0.39 is 0 Å². The highest BCUT2D eigenvalue weighted by Gasteiger charge is 2.26. The number of hydrogen-bond acceptors (Lipinski definition) is 4. The molecule has 2 saturated heterocycles. The zero-order valence-electron chi connectivity index (χ0n) is 19.5. The van der Waals surface area contributed by atoms with Gasteiger partial charge in [-0.05, 0) is 62.6 Å². The Morgan fingerprint density at radius 2 is 1.84 bits per heavy atom. The van der Waals surface area contributed by atoms with Crippen molar-refractivity contribution in [3.63, 3.8) is 0 Å². The molecule has 2 fully saturated rings. The number of carbonyl (C=O) groups is 1. The predicted molar refractivity (Wildman–Crippen MR) is 129 cm³/mol. The minimum atomic E-state index is -0.0375. The summed E-state index contributed by atoms with van der Waals surface area (Å²) in [6.45, 7) is 7.15. The number of urea groups is 1. The number of carbonyl (C=O) groups excluding carboxylic acids is 1. The second kappa shape index (κ2) is 10.3. The third kappa shape index (κ3) is 5.54. The second-order valence-electron chi connectivity index (χ2n) is 9.03. The summed E-state index contributed by atoms with van der Waals surface area (Å²) in [7, 11) is 2.12. The van der Waals surface area contributed by atoms with Crippen LogP contribution in [0, 0.1) is 13.8 Å². The first kappa shape index (κ1) is 22.5. The van der Waals surface area contributed by atoms with Gasteiger partial charge < -0.3 is 24.6 Å². The summed E-state index contributed by atoms with van der Waals surface area (Å²) in [6, 6.07) is 14.7. The lowest BCUT2D eigenvalue weighted by atomic mass is 10.0. The van der Waals surface area contributed by atoms with Crippen molar-refractivity contribution in [3.8, 4) is 5.75 Å². The molecule has 1 atom stereocenters. The van der Waals surface area contributed by atoms with Gasteiger partial charge in [0.25, 0.3) is 0 Å². The number of amides is 2. The van der Waals surface area contributed by atoms with Crippen molar-refractivity contribution in [2.75, 3.05) is 43.6 Å². The highest BCUT2D eigenvalue weighted by atomic mass is 16.5. The first-order valence-electron chi connectivity index (χ1n) is 11.7. The maximum absolute atomic E-state index is 13.0. The SMILES string of the molecule is Cc1ccc(N(C)[C@H]2CCCN(C(=O)Nc3ccc(OC4CCOCC4)c(C)c3)C2)cc1. The van der Waals surface area contributed by atoms with Gasteiger partial charge in [0, 0.05) is 50.4 Å². The van der Waals surface area contributed by atoms with Crippen LogP contribution >= 0.6 is 0 Å². The zero-order valence-corrected chi connectivity index (χ0v) is 19.5. The van der Waals surface area contributed by atoms with E-state index in [9.17, 15) is 4.79 Å². The molecule has 2 aromatic carbocycles. The number of hydrogen-bond donors (Lipinski definition) is 1. The van der Waals surface area contributed by atoms with Crippen LogP contribution in [0.15, 0.2) is 42.5 Å². The van der Waals surface area contributed by atoms with Gasteiger partial charge in [0.05, 0.1) is 13.2 Å².